The van der Waals surface area contributed by atoms with E-state index in [9.17, 15) is 24.6 Å². The molecule has 3 fully saturated rings. The van der Waals surface area contributed by atoms with Crippen molar-refractivity contribution < 1.29 is 29.3 Å². The number of allylic oxidation sites excluding steroid dienone is 4. The van der Waals surface area contributed by atoms with Gasteiger partial charge in [0.15, 0.2) is 5.78 Å². The molecule has 0 aromatic heterocycles. The van der Waals surface area contributed by atoms with Crippen LogP contribution in [0.3, 0.4) is 0 Å². The number of aliphatic hydroxyl groups excluding tert-OH is 1. The van der Waals surface area contributed by atoms with Crippen LogP contribution in [0.5, 0.6) is 0 Å². The Morgan fingerprint density at radius 3 is 2.48 bits per heavy atom. The van der Waals surface area contributed by atoms with Crippen LogP contribution in [0.25, 0.3) is 0 Å². The summed E-state index contributed by atoms with van der Waals surface area (Å²) in [5.41, 5.74) is -2.78. The Balaban J connectivity index is 0.00000259. The van der Waals surface area contributed by atoms with Crippen LogP contribution in [-0.4, -0.2) is 74.6 Å². The van der Waals surface area contributed by atoms with Crippen molar-refractivity contribution in [2.24, 2.45) is 28.6 Å². The van der Waals surface area contributed by atoms with Gasteiger partial charge in [-0.1, -0.05) is 32.9 Å². The van der Waals surface area contributed by atoms with Gasteiger partial charge in [0.2, 0.25) is 11.4 Å². The van der Waals surface area contributed by atoms with Gasteiger partial charge in [0.05, 0.1) is 6.42 Å². The van der Waals surface area contributed by atoms with Crippen molar-refractivity contribution in [3.8, 4) is 0 Å². The predicted octanol–water partition coefficient (Wildman–Crippen LogP) is 2.40. The second-order valence-corrected chi connectivity index (χ2v) is 11.2. The third-order valence-corrected chi connectivity index (χ3v) is 10.2. The zero-order valence-electron chi connectivity index (χ0n) is 19.2. The van der Waals surface area contributed by atoms with E-state index in [2.05, 4.69) is 19.1 Å². The van der Waals surface area contributed by atoms with Gasteiger partial charge in [0, 0.05) is 11.8 Å². The first-order chi connectivity index (χ1) is 15.0. The zero-order chi connectivity index (χ0) is 23.1. The number of carbonyl (C=O) groups is 3. The molecule has 0 radical (unpaired) electrons. The minimum absolute atomic E-state index is 0. The number of esters is 1. The van der Waals surface area contributed by atoms with E-state index in [-0.39, 0.29) is 65.4 Å². The molecule has 8 atom stereocenters. The molecule has 1 aliphatic heterocycles. The van der Waals surface area contributed by atoms with Crippen molar-refractivity contribution in [3.05, 3.63) is 23.8 Å². The molecular weight excluding hydrogens is 431 g/mol. The first-order valence-electron chi connectivity index (χ1n) is 12.1. The maximum atomic E-state index is 13.2. The molecule has 0 aromatic carbocycles. The van der Waals surface area contributed by atoms with Gasteiger partial charge in [-0.15, -0.1) is 0 Å². The van der Waals surface area contributed by atoms with Crippen molar-refractivity contribution in [2.45, 2.75) is 89.4 Å². The summed E-state index contributed by atoms with van der Waals surface area (Å²) in [6.45, 7) is 6.07. The van der Waals surface area contributed by atoms with Crippen LogP contribution in [0, 0.1) is 28.6 Å². The van der Waals surface area contributed by atoms with E-state index in [0.29, 0.717) is 25.2 Å². The van der Waals surface area contributed by atoms with E-state index in [0.717, 1.165) is 24.8 Å². The Labute approximate surface area is 217 Å². The molecule has 6 nitrogen and oxygen atoms in total. The van der Waals surface area contributed by atoms with Crippen LogP contribution < -0.4 is 0 Å². The average molecular weight is 467 g/mol. The number of rotatable bonds is 2. The predicted molar refractivity (Wildman–Crippen MR) is 123 cm³/mol. The molecule has 0 bridgehead atoms. The molecule has 5 rings (SSSR count). The number of cyclic esters (lactones) is 1. The second-order valence-electron chi connectivity index (χ2n) is 11.2. The summed E-state index contributed by atoms with van der Waals surface area (Å²) in [5, 5.41) is 22.6. The molecule has 7 heteroatoms. The van der Waals surface area contributed by atoms with Crippen molar-refractivity contribution in [3.63, 3.8) is 0 Å². The monoisotopic (exact) mass is 466 g/mol. The number of fused-ring (bicyclic) bond motifs is 5. The van der Waals surface area contributed by atoms with E-state index < -0.39 is 34.5 Å². The van der Waals surface area contributed by atoms with Crippen molar-refractivity contribution in [1.29, 1.82) is 0 Å². The fraction of sp³-hybridized carbons (Fsp3) is 0.731. The molecule has 1 heterocycles. The number of ketones is 2. The van der Waals surface area contributed by atoms with Crippen molar-refractivity contribution >= 4 is 47.1 Å². The fourth-order valence-corrected chi connectivity index (χ4v) is 8.31. The molecule has 4 aliphatic carbocycles. The molecule has 0 amide bonds. The summed E-state index contributed by atoms with van der Waals surface area (Å²) >= 11 is 0. The van der Waals surface area contributed by atoms with Gasteiger partial charge in [-0.3, -0.25) is 14.4 Å². The molecule has 1 saturated heterocycles. The SMILES string of the molecule is CC[C@]1([C@]2(O)CCC3[C@H]4C=CC5=CC(=O)CC[C@]5(C)[C@@H]4CC[C@@]32C)OC(=O)CC(O)C1=O.[NaH]. The molecule has 176 valence electrons. The molecule has 0 spiro atoms. The number of aliphatic hydroxyl groups is 2. The Bertz CT molecular complexity index is 956. The van der Waals surface area contributed by atoms with E-state index >= 15 is 0 Å². The summed E-state index contributed by atoms with van der Waals surface area (Å²) in [7, 11) is 0. The van der Waals surface area contributed by atoms with Gasteiger partial charge < -0.3 is 14.9 Å². The number of Topliss-reactive ketones (excluding diaryl/α,β-unsaturated/α-hetero) is 1. The van der Waals surface area contributed by atoms with E-state index in [4.69, 9.17) is 4.74 Å². The first kappa shape index (κ1) is 25.3. The van der Waals surface area contributed by atoms with Gasteiger partial charge in [0.25, 0.3) is 0 Å². The summed E-state index contributed by atoms with van der Waals surface area (Å²) in [6.07, 6.45) is 8.59. The molecule has 2 unspecified atom stereocenters. The van der Waals surface area contributed by atoms with Gasteiger partial charge in [-0.25, -0.2) is 0 Å². The Kier molecular flexibility index (Phi) is 6.23. The number of hydrogen-bond acceptors (Lipinski definition) is 6. The third kappa shape index (κ3) is 3.13. The summed E-state index contributed by atoms with van der Waals surface area (Å²) in [5.74, 6) is -0.260. The summed E-state index contributed by atoms with van der Waals surface area (Å²) < 4.78 is 5.70. The number of carbonyl (C=O) groups excluding carboxylic acids is 3. The summed E-state index contributed by atoms with van der Waals surface area (Å²) in [6, 6.07) is 0. The zero-order valence-corrected chi connectivity index (χ0v) is 19.2. The normalized spacial score (nSPS) is 48.8. The Morgan fingerprint density at radius 1 is 1.09 bits per heavy atom. The first-order valence-corrected chi connectivity index (χ1v) is 12.1. The van der Waals surface area contributed by atoms with Crippen LogP contribution in [-0.2, 0) is 19.1 Å². The van der Waals surface area contributed by atoms with Crippen LogP contribution in [0.1, 0.15) is 72.1 Å². The van der Waals surface area contributed by atoms with E-state index in [1.165, 1.54) is 0 Å². The Morgan fingerprint density at radius 2 is 1.79 bits per heavy atom. The molecule has 33 heavy (non-hydrogen) atoms. The Hall–Kier alpha value is -0.790. The molecule has 0 aromatic rings. The second kappa shape index (κ2) is 8.12. The maximum absolute atomic E-state index is 13.2. The molecule has 2 saturated carbocycles. The van der Waals surface area contributed by atoms with Gasteiger partial charge in [0.1, 0.15) is 11.7 Å². The van der Waals surface area contributed by atoms with Crippen LogP contribution in [0.2, 0.25) is 0 Å². The standard InChI is InChI=1S/C26H34O6.Na.H/c1-4-25(22(30)20(28)14-21(29)32-25)26(31)12-9-19-17-6-5-15-13-16(27)7-10-23(15,2)18(17)8-11-24(19,26)3;;/h5-6,13,17-20,28,31H,4,7-12,14H2,1-3H3;;/t17-,18+,19?,20?,23-,24-,25-,26-;;/m0../s1. The topological polar surface area (TPSA) is 101 Å². The molecule has 5 aliphatic rings. The van der Waals surface area contributed by atoms with Gasteiger partial charge in [-0.2, -0.15) is 0 Å². The number of hydrogen-bond donors (Lipinski definition) is 2. The van der Waals surface area contributed by atoms with Crippen LogP contribution in [0.4, 0.5) is 0 Å². The molecule has 2 N–H and O–H groups in total. The van der Waals surface area contributed by atoms with Crippen LogP contribution in [0.15, 0.2) is 23.8 Å². The van der Waals surface area contributed by atoms with Crippen LogP contribution >= 0.6 is 0 Å². The fourth-order valence-electron chi connectivity index (χ4n) is 8.31. The number of ether oxygens (including phenoxy) is 1. The van der Waals surface area contributed by atoms with Gasteiger partial charge in [-0.05, 0) is 73.3 Å². The van der Waals surface area contributed by atoms with Gasteiger partial charge >= 0.3 is 35.5 Å². The third-order valence-electron chi connectivity index (χ3n) is 10.2. The van der Waals surface area contributed by atoms with E-state index in [1.54, 1.807) is 6.92 Å². The van der Waals surface area contributed by atoms with E-state index in [1.807, 2.05) is 13.0 Å². The molecular formula is C26H35NaO6. The quantitative estimate of drug-likeness (QED) is 0.479. The minimum atomic E-state index is -1.71. The summed E-state index contributed by atoms with van der Waals surface area (Å²) in [4.78, 5) is 37.6. The van der Waals surface area contributed by atoms with Crippen molar-refractivity contribution in [2.75, 3.05) is 0 Å². The average Bonchev–Trinajstić information content (AvgIpc) is 3.03. The van der Waals surface area contributed by atoms with Crippen molar-refractivity contribution in [1.82, 2.24) is 0 Å².